The Morgan fingerprint density at radius 3 is 2.75 bits per heavy atom. The van der Waals surface area contributed by atoms with Gasteiger partial charge in [-0.2, -0.15) is 5.10 Å². The largest absolute Gasteiger partial charge is 0.396 e. The van der Waals surface area contributed by atoms with Crippen LogP contribution in [0.5, 0.6) is 0 Å². The number of benzene rings is 1. The molecule has 6 heteroatoms. The highest BCUT2D eigenvalue weighted by Gasteiger charge is 2.23. The zero-order valence-corrected chi connectivity index (χ0v) is 14.3. The Bertz CT molecular complexity index is 641. The summed E-state index contributed by atoms with van der Waals surface area (Å²) in [6.45, 7) is 4.52. The number of carbonyl (C=O) groups is 1. The molecule has 130 valence electrons. The van der Waals surface area contributed by atoms with Crippen molar-refractivity contribution in [1.82, 2.24) is 20.4 Å². The second-order valence-corrected chi connectivity index (χ2v) is 6.15. The summed E-state index contributed by atoms with van der Waals surface area (Å²) in [6.07, 6.45) is 5.81. The lowest BCUT2D eigenvalue weighted by Crippen LogP contribution is -2.50. The maximum atomic E-state index is 12.0. The van der Waals surface area contributed by atoms with E-state index in [4.69, 9.17) is 5.11 Å². The summed E-state index contributed by atoms with van der Waals surface area (Å²) in [4.78, 5) is 12.0. The normalized spacial score (nSPS) is 13.3. The predicted molar refractivity (Wildman–Crippen MR) is 94.2 cm³/mol. The van der Waals surface area contributed by atoms with Gasteiger partial charge in [0.2, 0.25) is 0 Å². The zero-order chi connectivity index (χ0) is 17.4. The van der Waals surface area contributed by atoms with E-state index >= 15 is 0 Å². The molecule has 0 bridgehead atoms. The number of aliphatic hydroxyl groups is 1. The summed E-state index contributed by atoms with van der Waals surface area (Å²) < 4.78 is 1.82. The molecule has 3 N–H and O–H groups in total. The smallest absolute Gasteiger partial charge is 0.315 e. The Labute approximate surface area is 142 Å². The second kappa shape index (κ2) is 8.49. The van der Waals surface area contributed by atoms with Crippen LogP contribution in [0.25, 0.3) is 5.69 Å². The van der Waals surface area contributed by atoms with E-state index in [9.17, 15) is 4.79 Å². The van der Waals surface area contributed by atoms with Crippen molar-refractivity contribution >= 4 is 6.03 Å². The molecule has 2 rings (SSSR count). The van der Waals surface area contributed by atoms with Gasteiger partial charge in [-0.05, 0) is 43.9 Å². The molecular formula is C18H26N4O2. The Balaban J connectivity index is 1.80. The maximum absolute atomic E-state index is 12.0. The molecular weight excluding hydrogens is 304 g/mol. The first-order valence-electron chi connectivity index (χ1n) is 8.32. The molecule has 24 heavy (non-hydrogen) atoms. The van der Waals surface area contributed by atoms with E-state index in [1.165, 1.54) is 0 Å². The van der Waals surface area contributed by atoms with Gasteiger partial charge in [0.15, 0.2) is 0 Å². The summed E-state index contributed by atoms with van der Waals surface area (Å²) in [5.41, 5.74) is 1.70. The fourth-order valence-electron chi connectivity index (χ4n) is 2.42. The van der Waals surface area contributed by atoms with Gasteiger partial charge in [-0.25, -0.2) is 9.48 Å². The van der Waals surface area contributed by atoms with Crippen LogP contribution in [0.2, 0.25) is 0 Å². The molecule has 2 aromatic rings. The standard InChI is InChI=1S/C18H26N4O2/c1-3-18(2,10-12-23)21-17(24)19-11-9-15-13-20-22(14-15)16-7-5-4-6-8-16/h4-8,13-14,23H,3,9-12H2,1-2H3,(H2,19,21,24). The van der Waals surface area contributed by atoms with Gasteiger partial charge in [-0.15, -0.1) is 0 Å². The number of rotatable bonds is 8. The van der Waals surface area contributed by atoms with Crippen LogP contribution < -0.4 is 10.6 Å². The molecule has 1 aromatic carbocycles. The monoisotopic (exact) mass is 330 g/mol. The van der Waals surface area contributed by atoms with E-state index in [-0.39, 0.29) is 18.2 Å². The number of nitrogens with zero attached hydrogens (tertiary/aromatic N) is 2. The molecule has 1 unspecified atom stereocenters. The topological polar surface area (TPSA) is 79.2 Å². The molecule has 1 heterocycles. The Morgan fingerprint density at radius 1 is 1.33 bits per heavy atom. The van der Waals surface area contributed by atoms with Crippen molar-refractivity contribution in [3.05, 3.63) is 48.3 Å². The molecule has 6 nitrogen and oxygen atoms in total. The molecule has 1 atom stereocenters. The van der Waals surface area contributed by atoms with Gasteiger partial charge in [0, 0.05) is 24.9 Å². The molecule has 0 aliphatic heterocycles. The first-order valence-corrected chi connectivity index (χ1v) is 8.32. The summed E-state index contributed by atoms with van der Waals surface area (Å²) in [7, 11) is 0. The van der Waals surface area contributed by atoms with Crippen molar-refractivity contribution in [2.24, 2.45) is 0 Å². The van der Waals surface area contributed by atoms with E-state index in [0.717, 1.165) is 17.7 Å². The van der Waals surface area contributed by atoms with Crippen LogP contribution in [0.1, 0.15) is 32.3 Å². The van der Waals surface area contributed by atoms with Gasteiger partial charge in [-0.1, -0.05) is 25.1 Å². The van der Waals surface area contributed by atoms with Crippen molar-refractivity contribution in [2.45, 2.75) is 38.6 Å². The van der Waals surface area contributed by atoms with E-state index < -0.39 is 0 Å². The van der Waals surface area contributed by atoms with Gasteiger partial charge in [0.25, 0.3) is 0 Å². The van der Waals surface area contributed by atoms with Crippen LogP contribution >= 0.6 is 0 Å². The minimum atomic E-state index is -0.378. The van der Waals surface area contributed by atoms with Crippen molar-refractivity contribution < 1.29 is 9.90 Å². The van der Waals surface area contributed by atoms with Crippen LogP contribution in [0.3, 0.4) is 0 Å². The number of nitrogens with one attached hydrogen (secondary N) is 2. The average molecular weight is 330 g/mol. The lowest BCUT2D eigenvalue weighted by Gasteiger charge is -2.28. The fraction of sp³-hybridized carbons (Fsp3) is 0.444. The fourth-order valence-corrected chi connectivity index (χ4v) is 2.42. The first-order chi connectivity index (χ1) is 11.6. The molecule has 0 spiro atoms. The Hall–Kier alpha value is -2.34. The highest BCUT2D eigenvalue weighted by Crippen LogP contribution is 2.13. The predicted octanol–water partition coefficient (Wildman–Crippen LogP) is 2.27. The Morgan fingerprint density at radius 2 is 2.08 bits per heavy atom. The van der Waals surface area contributed by atoms with Gasteiger partial charge in [0.05, 0.1) is 11.9 Å². The quantitative estimate of drug-likeness (QED) is 0.695. The summed E-state index contributed by atoms with van der Waals surface area (Å²) in [6, 6.07) is 9.70. The van der Waals surface area contributed by atoms with Crippen LogP contribution in [0.4, 0.5) is 4.79 Å². The number of hydrogen-bond acceptors (Lipinski definition) is 3. The third-order valence-corrected chi connectivity index (χ3v) is 4.22. The number of amides is 2. The highest BCUT2D eigenvalue weighted by atomic mass is 16.3. The van der Waals surface area contributed by atoms with Crippen LogP contribution in [-0.2, 0) is 6.42 Å². The molecule has 0 fully saturated rings. The second-order valence-electron chi connectivity index (χ2n) is 6.15. The molecule has 1 aromatic heterocycles. The van der Waals surface area contributed by atoms with E-state index in [2.05, 4.69) is 15.7 Å². The number of urea groups is 1. The molecule has 0 saturated heterocycles. The van der Waals surface area contributed by atoms with E-state index in [1.54, 1.807) is 0 Å². The minimum Gasteiger partial charge on any atom is -0.396 e. The van der Waals surface area contributed by atoms with Gasteiger partial charge in [-0.3, -0.25) is 0 Å². The maximum Gasteiger partial charge on any atom is 0.315 e. The van der Waals surface area contributed by atoms with Gasteiger partial charge < -0.3 is 15.7 Å². The molecule has 0 radical (unpaired) electrons. The third-order valence-electron chi connectivity index (χ3n) is 4.22. The van der Waals surface area contributed by atoms with Gasteiger partial charge >= 0.3 is 6.03 Å². The highest BCUT2D eigenvalue weighted by molar-refractivity contribution is 5.74. The molecule has 2 amide bonds. The molecule has 0 aliphatic carbocycles. The zero-order valence-electron chi connectivity index (χ0n) is 14.3. The number of para-hydroxylation sites is 1. The van der Waals surface area contributed by atoms with Crippen LogP contribution in [0, 0.1) is 0 Å². The van der Waals surface area contributed by atoms with Crippen molar-refractivity contribution in [3.63, 3.8) is 0 Å². The molecule has 0 saturated carbocycles. The number of carbonyl (C=O) groups excluding carboxylic acids is 1. The van der Waals surface area contributed by atoms with Gasteiger partial charge in [0.1, 0.15) is 0 Å². The molecule has 0 aliphatic rings. The van der Waals surface area contributed by atoms with Crippen molar-refractivity contribution in [1.29, 1.82) is 0 Å². The van der Waals surface area contributed by atoms with E-state index in [1.807, 2.05) is 61.3 Å². The number of hydrogen-bond donors (Lipinski definition) is 3. The average Bonchev–Trinajstić information content (AvgIpc) is 3.05. The summed E-state index contributed by atoms with van der Waals surface area (Å²) in [5.74, 6) is 0. The lowest BCUT2D eigenvalue weighted by atomic mass is 9.95. The van der Waals surface area contributed by atoms with Crippen molar-refractivity contribution in [3.8, 4) is 5.69 Å². The van der Waals surface area contributed by atoms with Crippen LogP contribution in [0.15, 0.2) is 42.7 Å². The summed E-state index contributed by atoms with van der Waals surface area (Å²) >= 11 is 0. The van der Waals surface area contributed by atoms with E-state index in [0.29, 0.717) is 19.4 Å². The summed E-state index contributed by atoms with van der Waals surface area (Å²) in [5, 5.41) is 19.2. The van der Waals surface area contributed by atoms with Crippen LogP contribution in [-0.4, -0.2) is 39.6 Å². The lowest BCUT2D eigenvalue weighted by molar-refractivity contribution is 0.201. The Kier molecular flexibility index (Phi) is 6.37. The third kappa shape index (κ3) is 5.09. The minimum absolute atomic E-state index is 0.0588. The SMILES string of the molecule is CCC(C)(CCO)NC(=O)NCCc1cnn(-c2ccccc2)c1. The number of aromatic nitrogens is 2. The van der Waals surface area contributed by atoms with Crippen molar-refractivity contribution in [2.75, 3.05) is 13.2 Å². The number of aliphatic hydroxyl groups excluding tert-OH is 1. The first kappa shape index (κ1) is 18.0.